The molecule has 1 heterocycles. The molecule has 0 aliphatic carbocycles. The van der Waals surface area contributed by atoms with Gasteiger partial charge >= 0.3 is 6.03 Å². The van der Waals surface area contributed by atoms with Crippen molar-refractivity contribution in [1.82, 2.24) is 10.2 Å². The van der Waals surface area contributed by atoms with Gasteiger partial charge in [0.25, 0.3) is 5.91 Å². The van der Waals surface area contributed by atoms with Crippen LogP contribution in [0.25, 0.3) is 0 Å². The molecule has 2 N–H and O–H groups in total. The van der Waals surface area contributed by atoms with Gasteiger partial charge in [0.05, 0.1) is 0 Å². The van der Waals surface area contributed by atoms with Crippen LogP contribution < -0.4 is 10.6 Å². The lowest BCUT2D eigenvalue weighted by atomic mass is 9.92. The Morgan fingerprint density at radius 2 is 1.89 bits per heavy atom. The van der Waals surface area contributed by atoms with Crippen molar-refractivity contribution in [3.63, 3.8) is 0 Å². The molecule has 2 aromatic rings. The van der Waals surface area contributed by atoms with Crippen LogP contribution in [-0.4, -0.2) is 29.3 Å². The van der Waals surface area contributed by atoms with Gasteiger partial charge in [-0.25, -0.2) is 4.79 Å². The maximum absolute atomic E-state index is 12.9. The summed E-state index contributed by atoms with van der Waals surface area (Å²) in [5, 5.41) is 5.99. The average molecular weight is 406 g/mol. The van der Waals surface area contributed by atoms with Gasteiger partial charge in [-0.3, -0.25) is 14.5 Å². The van der Waals surface area contributed by atoms with Gasteiger partial charge in [0.2, 0.25) is 5.91 Å². The molecule has 1 aliphatic rings. The number of amides is 4. The van der Waals surface area contributed by atoms with Gasteiger partial charge < -0.3 is 10.6 Å². The Morgan fingerprint density at radius 1 is 1.19 bits per heavy atom. The number of hydrogen-bond donors (Lipinski definition) is 2. The standard InChI is InChI=1S/C19H17Cl2N3O3/c1-11-5-3-4-6-15(11)22-16(25)10-24-17(26)19(2,23-18(24)27)13-8-7-12(20)9-14(13)21/h3-9H,10H2,1-2H3,(H,22,25)(H,23,27). The van der Waals surface area contributed by atoms with Crippen molar-refractivity contribution in [2.24, 2.45) is 0 Å². The summed E-state index contributed by atoms with van der Waals surface area (Å²) >= 11 is 12.1. The van der Waals surface area contributed by atoms with Crippen LogP contribution in [0, 0.1) is 6.92 Å². The van der Waals surface area contributed by atoms with E-state index in [2.05, 4.69) is 10.6 Å². The molecule has 0 radical (unpaired) electrons. The highest BCUT2D eigenvalue weighted by Gasteiger charge is 2.50. The first kappa shape index (κ1) is 19.2. The lowest BCUT2D eigenvalue weighted by Gasteiger charge is -2.23. The summed E-state index contributed by atoms with van der Waals surface area (Å²) in [6.45, 7) is 2.99. The quantitative estimate of drug-likeness (QED) is 0.760. The minimum atomic E-state index is -1.37. The third kappa shape index (κ3) is 3.63. The Hall–Kier alpha value is -2.57. The molecule has 1 saturated heterocycles. The van der Waals surface area contributed by atoms with E-state index in [4.69, 9.17) is 23.2 Å². The van der Waals surface area contributed by atoms with E-state index in [9.17, 15) is 14.4 Å². The number of carbonyl (C=O) groups is 3. The van der Waals surface area contributed by atoms with Crippen LogP contribution in [0.15, 0.2) is 42.5 Å². The van der Waals surface area contributed by atoms with Gasteiger partial charge in [0, 0.05) is 21.3 Å². The number of hydrogen-bond acceptors (Lipinski definition) is 3. The monoisotopic (exact) mass is 405 g/mol. The number of anilines is 1. The van der Waals surface area contributed by atoms with Gasteiger partial charge in [-0.1, -0.05) is 47.5 Å². The Labute approximate surface area is 166 Å². The van der Waals surface area contributed by atoms with E-state index < -0.39 is 29.9 Å². The van der Waals surface area contributed by atoms with Gasteiger partial charge in [0.15, 0.2) is 0 Å². The van der Waals surface area contributed by atoms with Crippen molar-refractivity contribution in [3.8, 4) is 0 Å². The fraction of sp³-hybridized carbons (Fsp3) is 0.211. The number of carbonyl (C=O) groups excluding carboxylic acids is 3. The molecule has 0 aromatic heterocycles. The maximum Gasteiger partial charge on any atom is 0.325 e. The zero-order chi connectivity index (χ0) is 19.8. The summed E-state index contributed by atoms with van der Waals surface area (Å²) in [6.07, 6.45) is 0. The van der Waals surface area contributed by atoms with Gasteiger partial charge in [-0.05, 0) is 37.6 Å². The maximum atomic E-state index is 12.9. The summed E-state index contributed by atoms with van der Waals surface area (Å²) < 4.78 is 0. The number of nitrogens with zero attached hydrogens (tertiary/aromatic N) is 1. The zero-order valence-corrected chi connectivity index (χ0v) is 16.2. The Kier molecular flexibility index (Phi) is 5.13. The number of aryl methyl sites for hydroxylation is 1. The second kappa shape index (κ2) is 7.21. The lowest BCUT2D eigenvalue weighted by molar-refractivity contribution is -0.133. The van der Waals surface area contributed by atoms with Crippen LogP contribution in [0.1, 0.15) is 18.1 Å². The summed E-state index contributed by atoms with van der Waals surface area (Å²) in [5.41, 5.74) is 0.537. The van der Waals surface area contributed by atoms with Crippen molar-refractivity contribution >= 4 is 46.7 Å². The second-order valence-electron chi connectivity index (χ2n) is 6.43. The van der Waals surface area contributed by atoms with Crippen LogP contribution in [0.4, 0.5) is 10.5 Å². The second-order valence-corrected chi connectivity index (χ2v) is 7.28. The molecule has 1 unspecified atom stereocenters. The predicted molar refractivity (Wildman–Crippen MR) is 104 cm³/mol. The van der Waals surface area contributed by atoms with Crippen LogP contribution >= 0.6 is 23.2 Å². The van der Waals surface area contributed by atoms with Crippen molar-refractivity contribution in [1.29, 1.82) is 0 Å². The highest BCUT2D eigenvalue weighted by atomic mass is 35.5. The van der Waals surface area contributed by atoms with Gasteiger partial charge in [0.1, 0.15) is 12.1 Å². The zero-order valence-electron chi connectivity index (χ0n) is 14.7. The molecule has 4 amide bonds. The SMILES string of the molecule is Cc1ccccc1NC(=O)CN1C(=O)NC(C)(c2ccc(Cl)cc2Cl)C1=O. The average Bonchev–Trinajstić information content (AvgIpc) is 2.81. The molecule has 1 aliphatic heterocycles. The number of nitrogens with one attached hydrogen (secondary N) is 2. The highest BCUT2D eigenvalue weighted by molar-refractivity contribution is 6.35. The Balaban J connectivity index is 1.80. The smallest absolute Gasteiger partial charge is 0.324 e. The van der Waals surface area contributed by atoms with Crippen LogP contribution in [0.2, 0.25) is 10.0 Å². The third-order valence-electron chi connectivity index (χ3n) is 4.47. The normalized spacial score (nSPS) is 19.2. The van der Waals surface area contributed by atoms with Gasteiger partial charge in [-0.15, -0.1) is 0 Å². The van der Waals surface area contributed by atoms with Crippen molar-refractivity contribution in [2.75, 3.05) is 11.9 Å². The largest absolute Gasteiger partial charge is 0.325 e. The first-order chi connectivity index (χ1) is 12.7. The summed E-state index contributed by atoms with van der Waals surface area (Å²) in [7, 11) is 0. The van der Waals surface area contributed by atoms with Crippen LogP contribution in [0.5, 0.6) is 0 Å². The highest BCUT2D eigenvalue weighted by Crippen LogP contribution is 2.34. The van der Waals surface area contributed by atoms with Crippen LogP contribution in [-0.2, 0) is 15.1 Å². The fourth-order valence-corrected chi connectivity index (χ4v) is 3.56. The summed E-state index contributed by atoms with van der Waals surface area (Å²) in [6, 6.07) is 11.2. The molecular formula is C19H17Cl2N3O3. The number of benzene rings is 2. The van der Waals surface area contributed by atoms with E-state index in [1.807, 2.05) is 19.1 Å². The van der Waals surface area contributed by atoms with E-state index in [0.717, 1.165) is 10.5 Å². The van der Waals surface area contributed by atoms with E-state index in [0.29, 0.717) is 16.3 Å². The molecule has 0 spiro atoms. The molecule has 140 valence electrons. The topological polar surface area (TPSA) is 78.5 Å². The molecule has 27 heavy (non-hydrogen) atoms. The molecule has 1 fully saturated rings. The third-order valence-corrected chi connectivity index (χ3v) is 5.01. The molecule has 2 aromatic carbocycles. The molecule has 6 nitrogen and oxygen atoms in total. The summed E-state index contributed by atoms with van der Waals surface area (Å²) in [5.74, 6) is -1.03. The number of halogens is 2. The molecule has 8 heteroatoms. The van der Waals surface area contributed by atoms with Gasteiger partial charge in [-0.2, -0.15) is 0 Å². The van der Waals surface area contributed by atoms with E-state index in [-0.39, 0.29) is 5.02 Å². The number of para-hydroxylation sites is 1. The molecule has 3 rings (SSSR count). The fourth-order valence-electron chi connectivity index (χ4n) is 2.96. The first-order valence-corrected chi connectivity index (χ1v) is 8.93. The van der Waals surface area contributed by atoms with Crippen LogP contribution in [0.3, 0.4) is 0 Å². The molecular weight excluding hydrogens is 389 g/mol. The first-order valence-electron chi connectivity index (χ1n) is 8.17. The summed E-state index contributed by atoms with van der Waals surface area (Å²) in [4.78, 5) is 38.5. The molecule has 0 bridgehead atoms. The van der Waals surface area contributed by atoms with Crippen molar-refractivity contribution < 1.29 is 14.4 Å². The van der Waals surface area contributed by atoms with E-state index in [1.54, 1.807) is 31.2 Å². The number of imide groups is 1. The molecule has 0 saturated carbocycles. The van der Waals surface area contributed by atoms with Crippen molar-refractivity contribution in [2.45, 2.75) is 19.4 Å². The Morgan fingerprint density at radius 3 is 2.56 bits per heavy atom. The predicted octanol–water partition coefficient (Wildman–Crippen LogP) is 3.71. The minimum Gasteiger partial charge on any atom is -0.324 e. The minimum absolute atomic E-state index is 0.255. The number of urea groups is 1. The van der Waals surface area contributed by atoms with E-state index in [1.165, 1.54) is 6.07 Å². The lowest BCUT2D eigenvalue weighted by Crippen LogP contribution is -2.42. The van der Waals surface area contributed by atoms with Crippen molar-refractivity contribution in [3.05, 3.63) is 63.6 Å². The van der Waals surface area contributed by atoms with E-state index >= 15 is 0 Å². The number of rotatable bonds is 4. The Bertz CT molecular complexity index is 948. The molecule has 1 atom stereocenters.